The minimum Gasteiger partial charge on any atom is -0.463 e. The van der Waals surface area contributed by atoms with Gasteiger partial charge >= 0.3 is 12.0 Å². The molecule has 1 saturated heterocycles. The van der Waals surface area contributed by atoms with E-state index in [1.54, 1.807) is 11.8 Å². The fraction of sp³-hybridized carbons (Fsp3) is 0.308. The zero-order valence-corrected chi connectivity index (χ0v) is 19.8. The Kier molecular flexibility index (Phi) is 7.74. The van der Waals surface area contributed by atoms with Gasteiger partial charge in [0.2, 0.25) is 11.8 Å². The molecule has 1 fully saturated rings. The molecule has 0 unspecified atom stereocenters. The number of ether oxygens (including phenoxy) is 1. The van der Waals surface area contributed by atoms with E-state index in [9.17, 15) is 23.6 Å². The van der Waals surface area contributed by atoms with E-state index in [2.05, 4.69) is 10.6 Å². The van der Waals surface area contributed by atoms with Crippen molar-refractivity contribution in [1.82, 2.24) is 20.4 Å². The van der Waals surface area contributed by atoms with Crippen LogP contribution in [0.2, 0.25) is 0 Å². The second-order valence-electron chi connectivity index (χ2n) is 8.52. The number of hydrogen-bond donors (Lipinski definition) is 2. The SMILES string of the molecule is CCOC(=O)C1=C(CN2CC(=O)N(CCc3ccccc3)C(=O)C2)NC(=O)N[C@@H]1c1ccc(F)cc1. The van der Waals surface area contributed by atoms with E-state index < -0.39 is 23.9 Å². The van der Waals surface area contributed by atoms with Crippen molar-refractivity contribution in [2.24, 2.45) is 0 Å². The fourth-order valence-electron chi connectivity index (χ4n) is 4.32. The van der Waals surface area contributed by atoms with E-state index in [0.717, 1.165) is 5.56 Å². The maximum Gasteiger partial charge on any atom is 0.338 e. The van der Waals surface area contributed by atoms with E-state index in [0.29, 0.717) is 12.0 Å². The molecule has 0 aliphatic carbocycles. The van der Waals surface area contributed by atoms with Crippen molar-refractivity contribution in [3.05, 3.63) is 82.8 Å². The fourth-order valence-corrected chi connectivity index (χ4v) is 4.32. The van der Waals surface area contributed by atoms with Gasteiger partial charge in [-0.1, -0.05) is 42.5 Å². The molecule has 0 spiro atoms. The minimum atomic E-state index is -0.882. The zero-order valence-electron chi connectivity index (χ0n) is 19.8. The molecule has 2 heterocycles. The summed E-state index contributed by atoms with van der Waals surface area (Å²) in [6, 6.07) is 13.5. The summed E-state index contributed by atoms with van der Waals surface area (Å²) in [6.07, 6.45) is 0.553. The van der Waals surface area contributed by atoms with Gasteiger partial charge < -0.3 is 15.4 Å². The Labute approximate surface area is 207 Å². The second-order valence-corrected chi connectivity index (χ2v) is 8.52. The molecule has 0 saturated carbocycles. The molecule has 0 aromatic heterocycles. The van der Waals surface area contributed by atoms with Gasteiger partial charge in [0.25, 0.3) is 0 Å². The van der Waals surface area contributed by atoms with Crippen LogP contribution in [0, 0.1) is 5.82 Å². The Bertz CT molecular complexity index is 1160. The monoisotopic (exact) mass is 494 g/mol. The van der Waals surface area contributed by atoms with Gasteiger partial charge in [-0.25, -0.2) is 14.0 Å². The summed E-state index contributed by atoms with van der Waals surface area (Å²) in [5.74, 6) is -1.82. The largest absolute Gasteiger partial charge is 0.463 e. The molecule has 2 aromatic carbocycles. The molecule has 0 bridgehead atoms. The number of imide groups is 1. The van der Waals surface area contributed by atoms with Crippen LogP contribution in [-0.4, -0.2) is 66.4 Å². The van der Waals surface area contributed by atoms with E-state index in [4.69, 9.17) is 4.74 Å². The number of urea groups is 1. The van der Waals surface area contributed by atoms with Crippen LogP contribution >= 0.6 is 0 Å². The highest BCUT2D eigenvalue weighted by Crippen LogP contribution is 2.28. The first-order chi connectivity index (χ1) is 17.4. The van der Waals surface area contributed by atoms with Crippen LogP contribution in [0.1, 0.15) is 24.1 Å². The van der Waals surface area contributed by atoms with Crippen LogP contribution in [-0.2, 0) is 25.5 Å². The molecule has 2 N–H and O–H groups in total. The van der Waals surface area contributed by atoms with E-state index in [-0.39, 0.29) is 55.9 Å². The summed E-state index contributed by atoms with van der Waals surface area (Å²) < 4.78 is 18.7. The maximum atomic E-state index is 13.5. The highest BCUT2D eigenvalue weighted by atomic mass is 19.1. The molecule has 9 nitrogen and oxygen atoms in total. The summed E-state index contributed by atoms with van der Waals surface area (Å²) in [5, 5.41) is 5.30. The smallest absolute Gasteiger partial charge is 0.338 e. The van der Waals surface area contributed by atoms with Crippen LogP contribution < -0.4 is 10.6 Å². The van der Waals surface area contributed by atoms with Crippen LogP contribution in [0.5, 0.6) is 0 Å². The minimum absolute atomic E-state index is 0.0245. The van der Waals surface area contributed by atoms with Gasteiger partial charge in [-0.2, -0.15) is 0 Å². The summed E-state index contributed by atoms with van der Waals surface area (Å²) >= 11 is 0. The number of benzene rings is 2. The molecule has 4 rings (SSSR count). The van der Waals surface area contributed by atoms with Crippen LogP contribution in [0.25, 0.3) is 0 Å². The van der Waals surface area contributed by atoms with E-state index >= 15 is 0 Å². The zero-order chi connectivity index (χ0) is 25.7. The standard InChI is InChI=1S/C26H27FN4O5/c1-2-36-25(34)23-20(28-26(35)29-24(23)18-8-10-19(27)11-9-18)14-30-15-21(32)31(22(33)16-30)13-12-17-6-4-3-5-7-17/h3-11,24H,2,12-16H2,1H3,(H2,28,29,35)/t24-/m1/s1. The molecule has 188 valence electrons. The predicted octanol–water partition coefficient (Wildman–Crippen LogP) is 1.91. The first kappa shape index (κ1) is 25.1. The van der Waals surface area contributed by atoms with E-state index in [1.807, 2.05) is 30.3 Å². The van der Waals surface area contributed by atoms with Crippen molar-refractivity contribution >= 4 is 23.8 Å². The summed E-state index contributed by atoms with van der Waals surface area (Å²) in [5.41, 5.74) is 1.87. The van der Waals surface area contributed by atoms with Crippen molar-refractivity contribution in [3.8, 4) is 0 Å². The highest BCUT2D eigenvalue weighted by Gasteiger charge is 2.37. The Balaban J connectivity index is 1.53. The number of carbonyl (C=O) groups excluding carboxylic acids is 4. The van der Waals surface area contributed by atoms with Crippen LogP contribution in [0.4, 0.5) is 9.18 Å². The molecule has 2 aliphatic rings. The van der Waals surface area contributed by atoms with Gasteiger partial charge in [-0.15, -0.1) is 0 Å². The lowest BCUT2D eigenvalue weighted by Crippen LogP contribution is -2.56. The maximum absolute atomic E-state index is 13.5. The third-order valence-electron chi connectivity index (χ3n) is 6.02. The number of esters is 1. The topological polar surface area (TPSA) is 108 Å². The van der Waals surface area contributed by atoms with Crippen molar-refractivity contribution in [2.45, 2.75) is 19.4 Å². The molecule has 2 aromatic rings. The number of carbonyl (C=O) groups is 4. The van der Waals surface area contributed by atoms with Gasteiger partial charge in [0.15, 0.2) is 0 Å². The molecule has 2 aliphatic heterocycles. The second kappa shape index (κ2) is 11.1. The van der Waals surface area contributed by atoms with Crippen LogP contribution in [0.3, 0.4) is 0 Å². The first-order valence-corrected chi connectivity index (χ1v) is 11.7. The number of amides is 4. The Hall–Kier alpha value is -4.05. The lowest BCUT2D eigenvalue weighted by molar-refractivity contribution is -0.151. The third kappa shape index (κ3) is 5.77. The van der Waals surface area contributed by atoms with Gasteiger partial charge in [0, 0.05) is 18.8 Å². The third-order valence-corrected chi connectivity index (χ3v) is 6.02. The Morgan fingerprint density at radius 1 is 1.03 bits per heavy atom. The first-order valence-electron chi connectivity index (χ1n) is 11.7. The summed E-state index contributed by atoms with van der Waals surface area (Å²) in [7, 11) is 0. The molecule has 10 heteroatoms. The Morgan fingerprint density at radius 3 is 2.33 bits per heavy atom. The number of nitrogens with one attached hydrogen (secondary N) is 2. The predicted molar refractivity (Wildman–Crippen MR) is 128 cm³/mol. The average Bonchev–Trinajstić information content (AvgIpc) is 2.84. The molecular weight excluding hydrogens is 467 g/mol. The van der Waals surface area contributed by atoms with Crippen molar-refractivity contribution in [3.63, 3.8) is 0 Å². The number of piperazine rings is 1. The quantitative estimate of drug-likeness (QED) is 0.429. The molecule has 4 amide bonds. The summed E-state index contributed by atoms with van der Waals surface area (Å²) in [6.45, 7) is 1.92. The molecule has 1 atom stereocenters. The van der Waals surface area contributed by atoms with Gasteiger partial charge in [0.05, 0.1) is 31.3 Å². The van der Waals surface area contributed by atoms with E-state index in [1.165, 1.54) is 29.2 Å². The molecular formula is C26H27FN4O5. The van der Waals surface area contributed by atoms with Gasteiger partial charge in [-0.3, -0.25) is 19.4 Å². The van der Waals surface area contributed by atoms with Crippen LogP contribution in [0.15, 0.2) is 65.9 Å². The highest BCUT2D eigenvalue weighted by molar-refractivity contribution is 5.99. The van der Waals surface area contributed by atoms with Gasteiger partial charge in [0.1, 0.15) is 5.82 Å². The van der Waals surface area contributed by atoms with Crippen molar-refractivity contribution in [2.75, 3.05) is 32.8 Å². The molecule has 0 radical (unpaired) electrons. The Morgan fingerprint density at radius 2 is 1.69 bits per heavy atom. The van der Waals surface area contributed by atoms with Gasteiger partial charge in [-0.05, 0) is 36.6 Å². The van der Waals surface area contributed by atoms with Crippen molar-refractivity contribution in [1.29, 1.82) is 0 Å². The number of rotatable bonds is 8. The average molecular weight is 495 g/mol. The molecule has 36 heavy (non-hydrogen) atoms. The number of hydrogen-bond acceptors (Lipinski definition) is 6. The normalized spacial score (nSPS) is 18.7. The van der Waals surface area contributed by atoms with Crippen molar-refractivity contribution < 1.29 is 28.3 Å². The number of halogens is 1. The lowest BCUT2D eigenvalue weighted by Gasteiger charge is -2.35. The lowest BCUT2D eigenvalue weighted by atomic mass is 9.95. The summed E-state index contributed by atoms with van der Waals surface area (Å²) in [4.78, 5) is 53.8. The number of nitrogens with zero attached hydrogens (tertiary/aromatic N) is 2.